The second-order valence-electron chi connectivity index (χ2n) is 10.6. The molecule has 1 atom stereocenters. The van der Waals surface area contributed by atoms with Gasteiger partial charge in [0.2, 0.25) is 12.6 Å². The molecule has 0 fully saturated rings. The van der Waals surface area contributed by atoms with Crippen molar-refractivity contribution in [3.63, 3.8) is 0 Å². The number of rotatable bonds is 4. The summed E-state index contributed by atoms with van der Waals surface area (Å²) in [6, 6.07) is 22.7. The van der Waals surface area contributed by atoms with Crippen molar-refractivity contribution in [2.45, 2.75) is 18.6 Å². The van der Waals surface area contributed by atoms with Crippen molar-refractivity contribution in [1.82, 2.24) is 4.90 Å². The van der Waals surface area contributed by atoms with Gasteiger partial charge in [0.25, 0.3) is 11.8 Å². The zero-order valence-electron chi connectivity index (χ0n) is 22.3. The molecular formula is C33H20ClFN2O6. The molecule has 0 aliphatic carbocycles. The maximum absolute atomic E-state index is 14.9. The van der Waals surface area contributed by atoms with E-state index in [2.05, 4.69) is 0 Å². The number of para-hydroxylation sites is 1. The van der Waals surface area contributed by atoms with Crippen LogP contribution in [0.5, 0.6) is 11.5 Å². The van der Waals surface area contributed by atoms with E-state index >= 15 is 0 Å². The summed E-state index contributed by atoms with van der Waals surface area (Å²) in [6.45, 7) is 0.124. The van der Waals surface area contributed by atoms with E-state index in [1.54, 1.807) is 60.7 Å². The Labute approximate surface area is 248 Å². The molecule has 10 heteroatoms. The van der Waals surface area contributed by atoms with Crippen molar-refractivity contribution in [3.05, 3.63) is 134 Å². The highest BCUT2D eigenvalue weighted by Gasteiger charge is 2.65. The van der Waals surface area contributed by atoms with Crippen molar-refractivity contribution in [2.24, 2.45) is 0 Å². The number of halogens is 2. The lowest BCUT2D eigenvalue weighted by Crippen LogP contribution is -2.52. The summed E-state index contributed by atoms with van der Waals surface area (Å²) in [7, 11) is 0. The minimum absolute atomic E-state index is 0.0410. The number of hydrogen-bond donors (Lipinski definition) is 0. The van der Waals surface area contributed by atoms with Gasteiger partial charge in [0.1, 0.15) is 11.4 Å². The molecule has 8 rings (SSSR count). The number of hydrogen-bond acceptors (Lipinski definition) is 6. The molecule has 43 heavy (non-hydrogen) atoms. The Hall–Kier alpha value is -5.15. The highest BCUT2D eigenvalue weighted by atomic mass is 35.5. The highest BCUT2D eigenvalue weighted by Crippen LogP contribution is 2.53. The SMILES string of the molecule is O=C1c2oc3ccc(Cl)cc3c(=O)c2C2(C(=O)N(Cc3ccc(F)cc3)c3ccccc32)N1Cc1ccc2c(c1)OCO2. The number of fused-ring (bicyclic) bond motifs is 6. The Morgan fingerprint density at radius 2 is 1.60 bits per heavy atom. The van der Waals surface area contributed by atoms with E-state index in [4.69, 9.17) is 25.5 Å². The van der Waals surface area contributed by atoms with Gasteiger partial charge in [-0.3, -0.25) is 14.4 Å². The molecule has 0 saturated heterocycles. The number of ether oxygens (including phenoxy) is 2. The number of amides is 2. The molecule has 4 heterocycles. The van der Waals surface area contributed by atoms with Crippen molar-refractivity contribution in [3.8, 4) is 11.5 Å². The molecule has 0 saturated carbocycles. The maximum atomic E-state index is 14.9. The Morgan fingerprint density at radius 3 is 2.44 bits per heavy atom. The second kappa shape index (κ2) is 9.17. The lowest BCUT2D eigenvalue weighted by Gasteiger charge is -2.34. The van der Waals surface area contributed by atoms with Crippen LogP contribution in [0.4, 0.5) is 10.1 Å². The van der Waals surface area contributed by atoms with Crippen molar-refractivity contribution < 1.29 is 27.9 Å². The van der Waals surface area contributed by atoms with E-state index in [-0.39, 0.29) is 42.2 Å². The van der Waals surface area contributed by atoms with Crippen LogP contribution in [0.3, 0.4) is 0 Å². The topological polar surface area (TPSA) is 89.3 Å². The predicted molar refractivity (Wildman–Crippen MR) is 155 cm³/mol. The Balaban J connectivity index is 1.38. The quantitative estimate of drug-likeness (QED) is 0.263. The molecule has 0 N–H and O–H groups in total. The lowest BCUT2D eigenvalue weighted by molar-refractivity contribution is -0.126. The van der Waals surface area contributed by atoms with Crippen LogP contribution in [-0.2, 0) is 23.4 Å². The Bertz CT molecular complexity index is 2080. The monoisotopic (exact) mass is 594 g/mol. The number of nitrogens with zero attached hydrogens (tertiary/aromatic N) is 2. The first-order valence-corrected chi connectivity index (χ1v) is 13.9. The van der Waals surface area contributed by atoms with E-state index in [0.29, 0.717) is 38.9 Å². The minimum Gasteiger partial charge on any atom is -0.454 e. The molecular weight excluding hydrogens is 575 g/mol. The zero-order chi connectivity index (χ0) is 29.5. The van der Waals surface area contributed by atoms with Crippen LogP contribution >= 0.6 is 11.6 Å². The van der Waals surface area contributed by atoms with Crippen molar-refractivity contribution in [2.75, 3.05) is 11.7 Å². The molecule has 2 amide bonds. The molecule has 0 bridgehead atoms. The number of anilines is 1. The van der Waals surface area contributed by atoms with Gasteiger partial charge in [-0.1, -0.05) is 48.0 Å². The number of carbonyl (C=O) groups is 2. The molecule has 8 nitrogen and oxygen atoms in total. The maximum Gasteiger partial charge on any atom is 0.291 e. The summed E-state index contributed by atoms with van der Waals surface area (Å²) in [5.74, 6) is -0.620. The van der Waals surface area contributed by atoms with Crippen LogP contribution in [0.2, 0.25) is 5.02 Å². The summed E-state index contributed by atoms with van der Waals surface area (Å²) in [6.07, 6.45) is 0. The van der Waals surface area contributed by atoms with Crippen molar-refractivity contribution >= 4 is 40.1 Å². The molecule has 1 unspecified atom stereocenters. The normalized spacial score (nSPS) is 18.2. The smallest absolute Gasteiger partial charge is 0.291 e. The van der Waals surface area contributed by atoms with Gasteiger partial charge < -0.3 is 23.7 Å². The standard InChI is InChI=1S/C33H20ClFN2O6/c34-20-8-12-25-22(14-20)29(38)28-30(43-25)31(39)37(16-19-7-11-26-27(13-19)42-17-41-26)33(28)23-3-1-2-4-24(23)36(32(33)40)15-18-5-9-21(35)10-6-18/h1-14H,15-17H2. The van der Waals surface area contributed by atoms with E-state index in [1.807, 2.05) is 0 Å². The summed E-state index contributed by atoms with van der Waals surface area (Å²) in [5.41, 5.74) is 0.0825. The lowest BCUT2D eigenvalue weighted by atomic mass is 9.83. The predicted octanol–water partition coefficient (Wildman–Crippen LogP) is 5.76. The molecule has 4 aromatic carbocycles. The fourth-order valence-corrected chi connectivity index (χ4v) is 6.51. The van der Waals surface area contributed by atoms with E-state index in [1.165, 1.54) is 34.1 Å². The van der Waals surface area contributed by atoms with Crippen LogP contribution in [-0.4, -0.2) is 23.5 Å². The summed E-state index contributed by atoms with van der Waals surface area (Å²) in [5, 5.41) is 0.469. The van der Waals surface area contributed by atoms with Gasteiger partial charge in [-0.25, -0.2) is 4.39 Å². The largest absolute Gasteiger partial charge is 0.454 e. The Kier molecular flexibility index (Phi) is 5.45. The van der Waals surface area contributed by atoms with Gasteiger partial charge >= 0.3 is 0 Å². The van der Waals surface area contributed by atoms with Crippen LogP contribution in [0.15, 0.2) is 94.1 Å². The Morgan fingerprint density at radius 1 is 0.837 bits per heavy atom. The van der Waals surface area contributed by atoms with E-state index in [9.17, 15) is 18.8 Å². The second-order valence-corrected chi connectivity index (χ2v) is 11.0. The van der Waals surface area contributed by atoms with Gasteiger partial charge in [0.05, 0.1) is 23.2 Å². The van der Waals surface area contributed by atoms with E-state index < -0.39 is 28.6 Å². The minimum atomic E-state index is -1.84. The third-order valence-corrected chi connectivity index (χ3v) is 8.46. The highest BCUT2D eigenvalue weighted by molar-refractivity contribution is 6.31. The van der Waals surface area contributed by atoms with Gasteiger partial charge in [0.15, 0.2) is 22.5 Å². The van der Waals surface area contributed by atoms with Gasteiger partial charge in [-0.05, 0) is 59.7 Å². The van der Waals surface area contributed by atoms with Gasteiger partial charge in [-0.2, -0.15) is 0 Å². The number of benzene rings is 4. The number of carbonyl (C=O) groups excluding carboxylic acids is 2. The van der Waals surface area contributed by atoms with Crippen LogP contribution in [0.25, 0.3) is 11.0 Å². The fraction of sp³-hybridized carbons (Fsp3) is 0.121. The average Bonchev–Trinajstić information content (AvgIpc) is 3.65. The molecule has 0 radical (unpaired) electrons. The van der Waals surface area contributed by atoms with Crippen LogP contribution in [0, 0.1) is 5.82 Å². The molecule has 3 aliphatic heterocycles. The van der Waals surface area contributed by atoms with Gasteiger partial charge in [0, 0.05) is 17.1 Å². The first kappa shape index (κ1) is 25.6. The summed E-state index contributed by atoms with van der Waals surface area (Å²) < 4.78 is 30.8. The molecule has 3 aliphatic rings. The molecule has 212 valence electrons. The zero-order valence-corrected chi connectivity index (χ0v) is 23.1. The molecule has 1 aromatic heterocycles. The first-order valence-electron chi connectivity index (χ1n) is 13.5. The fourth-order valence-electron chi connectivity index (χ4n) is 6.34. The third-order valence-electron chi connectivity index (χ3n) is 8.23. The average molecular weight is 595 g/mol. The summed E-state index contributed by atoms with van der Waals surface area (Å²) >= 11 is 6.26. The third kappa shape index (κ3) is 3.58. The molecule has 1 spiro atoms. The van der Waals surface area contributed by atoms with Crippen LogP contribution in [0.1, 0.15) is 32.8 Å². The molecule has 5 aromatic rings. The van der Waals surface area contributed by atoms with Gasteiger partial charge in [-0.15, -0.1) is 0 Å². The van der Waals surface area contributed by atoms with E-state index in [0.717, 1.165) is 0 Å². The first-order chi connectivity index (χ1) is 20.9. The summed E-state index contributed by atoms with van der Waals surface area (Å²) in [4.78, 5) is 46.5. The van der Waals surface area contributed by atoms with Crippen LogP contribution < -0.4 is 19.8 Å². The van der Waals surface area contributed by atoms with Crippen molar-refractivity contribution in [1.29, 1.82) is 0 Å².